The minimum atomic E-state index is 0.174. The average molecular weight is 286 g/mol. The van der Waals surface area contributed by atoms with Crippen molar-refractivity contribution in [3.05, 3.63) is 0 Å². The van der Waals surface area contributed by atoms with E-state index >= 15 is 0 Å². The zero-order valence-electron chi connectivity index (χ0n) is 12.7. The zero-order chi connectivity index (χ0) is 14.8. The van der Waals surface area contributed by atoms with Crippen LogP contribution in [-0.4, -0.2) is 51.4 Å². The van der Waals surface area contributed by atoms with E-state index in [-0.39, 0.29) is 12.1 Å². The molecular weight excluding hydrogens is 252 g/mol. The molecule has 1 saturated carbocycles. The monoisotopic (exact) mass is 286 g/mol. The molecule has 4 unspecified atom stereocenters. The summed E-state index contributed by atoms with van der Waals surface area (Å²) >= 11 is 0. The summed E-state index contributed by atoms with van der Waals surface area (Å²) in [7, 11) is 0. The molecule has 6 heteroatoms. The van der Waals surface area contributed by atoms with Crippen LogP contribution < -0.4 is 33.6 Å². The van der Waals surface area contributed by atoms with Crippen LogP contribution >= 0.6 is 0 Å². The number of nitrogens with two attached hydrogens (primary N) is 4. The fraction of sp³-hybridized carbons (Fsp3) is 1.00. The SMILES string of the molecule is NCCNCC(N)C1CCCCC1C(N)CNCCN. The van der Waals surface area contributed by atoms with Crippen LogP contribution in [0.3, 0.4) is 0 Å². The highest BCUT2D eigenvalue weighted by Crippen LogP contribution is 2.33. The summed E-state index contributed by atoms with van der Waals surface area (Å²) < 4.78 is 0. The predicted molar refractivity (Wildman–Crippen MR) is 85.2 cm³/mol. The van der Waals surface area contributed by atoms with Crippen LogP contribution in [-0.2, 0) is 0 Å². The molecule has 1 fully saturated rings. The molecule has 0 spiro atoms. The van der Waals surface area contributed by atoms with Crippen LogP contribution in [0.5, 0.6) is 0 Å². The lowest BCUT2D eigenvalue weighted by Gasteiger charge is -2.39. The Morgan fingerprint density at radius 2 is 1.20 bits per heavy atom. The molecule has 0 amide bonds. The van der Waals surface area contributed by atoms with Crippen molar-refractivity contribution in [3.63, 3.8) is 0 Å². The van der Waals surface area contributed by atoms with E-state index in [2.05, 4.69) is 10.6 Å². The standard InChI is InChI=1S/C14H34N6/c15-5-7-19-9-13(17)11-3-1-2-4-12(11)14(18)10-20-8-6-16/h11-14,19-20H,1-10,15-18H2. The normalized spacial score (nSPS) is 26.4. The molecule has 0 heterocycles. The largest absolute Gasteiger partial charge is 0.329 e. The number of hydrogen-bond acceptors (Lipinski definition) is 6. The Hall–Kier alpha value is -0.240. The second-order valence-electron chi connectivity index (χ2n) is 5.93. The Kier molecular flexibility index (Phi) is 9.33. The fourth-order valence-electron chi connectivity index (χ4n) is 3.30. The minimum absolute atomic E-state index is 0.174. The molecule has 0 saturated heterocycles. The third-order valence-corrected chi connectivity index (χ3v) is 4.38. The molecule has 120 valence electrons. The van der Waals surface area contributed by atoms with Gasteiger partial charge in [-0.05, 0) is 24.7 Å². The Balaban J connectivity index is 2.43. The molecule has 4 atom stereocenters. The van der Waals surface area contributed by atoms with Gasteiger partial charge in [-0.3, -0.25) is 0 Å². The molecule has 1 rings (SSSR count). The first-order valence-electron chi connectivity index (χ1n) is 8.03. The third-order valence-electron chi connectivity index (χ3n) is 4.38. The first-order valence-corrected chi connectivity index (χ1v) is 8.03. The number of nitrogens with one attached hydrogen (secondary N) is 2. The van der Waals surface area contributed by atoms with Gasteiger partial charge in [0.25, 0.3) is 0 Å². The van der Waals surface area contributed by atoms with E-state index in [1.165, 1.54) is 25.7 Å². The van der Waals surface area contributed by atoms with Gasteiger partial charge in [-0.2, -0.15) is 0 Å². The maximum absolute atomic E-state index is 6.37. The van der Waals surface area contributed by atoms with Crippen molar-refractivity contribution in [2.24, 2.45) is 34.8 Å². The molecule has 0 aliphatic heterocycles. The van der Waals surface area contributed by atoms with Gasteiger partial charge in [0, 0.05) is 51.4 Å². The van der Waals surface area contributed by atoms with Crippen molar-refractivity contribution in [2.45, 2.75) is 37.8 Å². The van der Waals surface area contributed by atoms with Gasteiger partial charge in [-0.15, -0.1) is 0 Å². The molecule has 6 nitrogen and oxygen atoms in total. The highest BCUT2D eigenvalue weighted by atomic mass is 14.9. The molecular formula is C14H34N6. The molecule has 0 aromatic carbocycles. The molecule has 10 N–H and O–H groups in total. The van der Waals surface area contributed by atoms with Crippen LogP contribution in [0.15, 0.2) is 0 Å². The summed E-state index contributed by atoms with van der Waals surface area (Å²) in [5.74, 6) is 1.03. The van der Waals surface area contributed by atoms with Crippen molar-refractivity contribution in [2.75, 3.05) is 39.3 Å². The highest BCUT2D eigenvalue weighted by Gasteiger charge is 2.33. The Morgan fingerprint density at radius 3 is 1.55 bits per heavy atom. The van der Waals surface area contributed by atoms with Crippen LogP contribution in [0.4, 0.5) is 0 Å². The smallest absolute Gasteiger partial charge is 0.0197 e. The highest BCUT2D eigenvalue weighted by molar-refractivity contribution is 4.90. The summed E-state index contributed by atoms with van der Waals surface area (Å²) in [5, 5.41) is 6.64. The van der Waals surface area contributed by atoms with Crippen molar-refractivity contribution in [3.8, 4) is 0 Å². The maximum atomic E-state index is 6.37. The third kappa shape index (κ3) is 6.03. The van der Waals surface area contributed by atoms with E-state index in [1.54, 1.807) is 0 Å². The topological polar surface area (TPSA) is 128 Å². The van der Waals surface area contributed by atoms with Crippen LogP contribution in [0.2, 0.25) is 0 Å². The molecule has 1 aliphatic carbocycles. The van der Waals surface area contributed by atoms with Crippen LogP contribution in [0, 0.1) is 11.8 Å². The summed E-state index contributed by atoms with van der Waals surface area (Å²) in [6, 6.07) is 0.347. The molecule has 0 aromatic heterocycles. The molecule has 0 aromatic rings. The van der Waals surface area contributed by atoms with E-state index in [0.29, 0.717) is 24.9 Å². The van der Waals surface area contributed by atoms with Gasteiger partial charge < -0.3 is 33.6 Å². The lowest BCUT2D eigenvalue weighted by Crippen LogP contribution is -2.51. The lowest BCUT2D eigenvalue weighted by molar-refractivity contribution is 0.168. The van der Waals surface area contributed by atoms with E-state index in [4.69, 9.17) is 22.9 Å². The second kappa shape index (κ2) is 10.5. The van der Waals surface area contributed by atoms with Crippen molar-refractivity contribution in [1.82, 2.24) is 10.6 Å². The minimum Gasteiger partial charge on any atom is -0.329 e. The Morgan fingerprint density at radius 1 is 0.800 bits per heavy atom. The van der Waals surface area contributed by atoms with Gasteiger partial charge in [0.1, 0.15) is 0 Å². The fourth-order valence-corrected chi connectivity index (χ4v) is 3.30. The molecule has 0 radical (unpaired) electrons. The van der Waals surface area contributed by atoms with Crippen LogP contribution in [0.25, 0.3) is 0 Å². The van der Waals surface area contributed by atoms with Gasteiger partial charge in [0.05, 0.1) is 0 Å². The van der Waals surface area contributed by atoms with Crippen molar-refractivity contribution < 1.29 is 0 Å². The maximum Gasteiger partial charge on any atom is 0.0197 e. The Bertz CT molecular complexity index is 214. The number of rotatable bonds is 10. The number of hydrogen-bond donors (Lipinski definition) is 6. The molecule has 1 aliphatic rings. The first-order chi connectivity index (χ1) is 9.70. The van der Waals surface area contributed by atoms with Gasteiger partial charge in [-0.1, -0.05) is 12.8 Å². The second-order valence-corrected chi connectivity index (χ2v) is 5.93. The summed E-state index contributed by atoms with van der Waals surface area (Å²) in [6.07, 6.45) is 4.94. The van der Waals surface area contributed by atoms with Crippen molar-refractivity contribution >= 4 is 0 Å². The summed E-state index contributed by atoms with van der Waals surface area (Å²) in [5.41, 5.74) is 23.7. The molecule has 20 heavy (non-hydrogen) atoms. The van der Waals surface area contributed by atoms with Gasteiger partial charge in [-0.25, -0.2) is 0 Å². The molecule has 0 bridgehead atoms. The summed E-state index contributed by atoms with van der Waals surface area (Å²) in [6.45, 7) is 4.64. The van der Waals surface area contributed by atoms with Crippen LogP contribution in [0.1, 0.15) is 25.7 Å². The first kappa shape index (κ1) is 17.8. The Labute approximate surface area is 123 Å². The van der Waals surface area contributed by atoms with Gasteiger partial charge >= 0.3 is 0 Å². The average Bonchev–Trinajstić information content (AvgIpc) is 2.47. The van der Waals surface area contributed by atoms with Gasteiger partial charge in [0.2, 0.25) is 0 Å². The zero-order valence-corrected chi connectivity index (χ0v) is 12.7. The predicted octanol–water partition coefficient (Wildman–Crippen LogP) is -1.46. The quantitative estimate of drug-likeness (QED) is 0.273. The van der Waals surface area contributed by atoms with E-state index in [1.807, 2.05) is 0 Å². The van der Waals surface area contributed by atoms with E-state index < -0.39 is 0 Å². The van der Waals surface area contributed by atoms with E-state index in [0.717, 1.165) is 26.2 Å². The lowest BCUT2D eigenvalue weighted by atomic mass is 9.72. The van der Waals surface area contributed by atoms with E-state index in [9.17, 15) is 0 Å². The summed E-state index contributed by atoms with van der Waals surface area (Å²) in [4.78, 5) is 0. The van der Waals surface area contributed by atoms with Crippen molar-refractivity contribution in [1.29, 1.82) is 0 Å². The van der Waals surface area contributed by atoms with Gasteiger partial charge in [0.15, 0.2) is 0 Å².